The van der Waals surface area contributed by atoms with Crippen LogP contribution < -0.4 is 15.4 Å². The molecular formula is C26H29Cl2F2N3O4. The molecule has 1 aliphatic rings. The molecule has 1 aliphatic heterocycles. The van der Waals surface area contributed by atoms with Gasteiger partial charge in [0.05, 0.1) is 18.7 Å². The maximum absolute atomic E-state index is 14.4. The van der Waals surface area contributed by atoms with Crippen LogP contribution in [-0.4, -0.2) is 49.7 Å². The van der Waals surface area contributed by atoms with E-state index in [0.29, 0.717) is 21.9 Å². The van der Waals surface area contributed by atoms with Crippen LogP contribution in [0.2, 0.25) is 5.02 Å². The van der Waals surface area contributed by atoms with Gasteiger partial charge in [-0.2, -0.15) is 8.78 Å². The average molecular weight is 556 g/mol. The fourth-order valence-corrected chi connectivity index (χ4v) is 4.47. The molecule has 11 heteroatoms. The Kier molecular flexibility index (Phi) is 9.52. The van der Waals surface area contributed by atoms with E-state index in [4.69, 9.17) is 43.1 Å². The molecule has 0 radical (unpaired) electrons. The van der Waals surface area contributed by atoms with E-state index in [1.165, 1.54) is 7.05 Å². The SMILES string of the molecule is C=CCOc1cccc([C@H]2O[C@H](CC(=O)OCC)C(=NC)N(C(N)C(F)(F)Cl)c3ccc(Cl)cc32)c1C. The fraction of sp³-hybridized carbons (Fsp3) is 0.385. The van der Waals surface area contributed by atoms with Crippen molar-refractivity contribution in [3.8, 4) is 5.75 Å². The van der Waals surface area contributed by atoms with Crippen LogP contribution in [-0.2, 0) is 14.3 Å². The molecule has 200 valence electrons. The molecule has 1 heterocycles. The first-order chi connectivity index (χ1) is 17.5. The zero-order chi connectivity index (χ0) is 27.3. The Labute approximate surface area is 224 Å². The first kappa shape index (κ1) is 28.8. The van der Waals surface area contributed by atoms with E-state index in [-0.39, 0.29) is 31.2 Å². The third-order valence-electron chi connectivity index (χ3n) is 5.83. The number of ether oxygens (including phenoxy) is 3. The van der Waals surface area contributed by atoms with E-state index in [1.54, 1.807) is 43.3 Å². The molecule has 1 unspecified atom stereocenters. The number of hydrogen-bond donors (Lipinski definition) is 1. The second kappa shape index (κ2) is 12.2. The normalized spacial score (nSPS) is 19.7. The lowest BCUT2D eigenvalue weighted by Gasteiger charge is -2.35. The second-order valence-corrected chi connectivity index (χ2v) is 9.17. The van der Waals surface area contributed by atoms with Gasteiger partial charge in [-0.25, -0.2) is 0 Å². The van der Waals surface area contributed by atoms with Gasteiger partial charge in [0.1, 0.15) is 30.4 Å². The summed E-state index contributed by atoms with van der Waals surface area (Å²) >= 11 is 11.8. The number of benzene rings is 2. The Morgan fingerprint density at radius 1 is 1.35 bits per heavy atom. The number of hydrogen-bond acceptors (Lipinski definition) is 6. The van der Waals surface area contributed by atoms with Crippen LogP contribution in [0.1, 0.15) is 36.1 Å². The van der Waals surface area contributed by atoms with Gasteiger partial charge in [-0.3, -0.25) is 9.79 Å². The van der Waals surface area contributed by atoms with Crippen molar-refractivity contribution >= 4 is 40.7 Å². The van der Waals surface area contributed by atoms with Gasteiger partial charge in [0.15, 0.2) is 6.17 Å². The summed E-state index contributed by atoms with van der Waals surface area (Å²) in [4.78, 5) is 17.8. The number of halogens is 4. The van der Waals surface area contributed by atoms with Gasteiger partial charge in [0, 0.05) is 17.6 Å². The molecule has 0 fully saturated rings. The summed E-state index contributed by atoms with van der Waals surface area (Å²) < 4.78 is 46.3. The lowest BCUT2D eigenvalue weighted by Crippen LogP contribution is -2.57. The minimum atomic E-state index is -3.85. The summed E-state index contributed by atoms with van der Waals surface area (Å²) in [6.45, 7) is 7.60. The topological polar surface area (TPSA) is 86.4 Å². The van der Waals surface area contributed by atoms with Gasteiger partial charge in [-0.15, -0.1) is 0 Å². The van der Waals surface area contributed by atoms with Gasteiger partial charge in [0.25, 0.3) is 0 Å². The van der Waals surface area contributed by atoms with Crippen LogP contribution in [0, 0.1) is 6.92 Å². The summed E-state index contributed by atoms with van der Waals surface area (Å²) in [5, 5.41) is -3.51. The Morgan fingerprint density at radius 3 is 2.70 bits per heavy atom. The number of fused-ring (bicyclic) bond motifs is 1. The lowest BCUT2D eigenvalue weighted by molar-refractivity contribution is -0.145. The minimum Gasteiger partial charge on any atom is -0.489 e. The number of carbonyl (C=O) groups is 1. The smallest absolute Gasteiger partial charge is 0.354 e. The van der Waals surface area contributed by atoms with Crippen LogP contribution in [0.15, 0.2) is 54.0 Å². The molecule has 2 N–H and O–H groups in total. The van der Waals surface area contributed by atoms with Crippen LogP contribution in [0.5, 0.6) is 5.75 Å². The number of esters is 1. The summed E-state index contributed by atoms with van der Waals surface area (Å²) in [6.07, 6.45) is -2.69. The monoisotopic (exact) mass is 555 g/mol. The van der Waals surface area contributed by atoms with Crippen LogP contribution >= 0.6 is 23.2 Å². The fourth-order valence-electron chi connectivity index (χ4n) is 4.19. The summed E-state index contributed by atoms with van der Waals surface area (Å²) in [5.74, 6) is -0.0213. The Hall–Kier alpha value is -2.72. The van der Waals surface area contributed by atoms with Gasteiger partial charge in [-0.1, -0.05) is 36.4 Å². The molecule has 0 aromatic heterocycles. The van der Waals surface area contributed by atoms with Gasteiger partial charge >= 0.3 is 11.4 Å². The highest BCUT2D eigenvalue weighted by molar-refractivity contribution is 6.30. The highest BCUT2D eigenvalue weighted by atomic mass is 35.5. The molecule has 0 amide bonds. The number of anilines is 1. The average Bonchev–Trinajstić information content (AvgIpc) is 2.96. The number of nitrogens with zero attached hydrogens (tertiary/aromatic N) is 2. The third-order valence-corrected chi connectivity index (χ3v) is 6.29. The van der Waals surface area contributed by atoms with Gasteiger partial charge < -0.3 is 24.8 Å². The van der Waals surface area contributed by atoms with Crippen molar-refractivity contribution < 1.29 is 27.8 Å². The quantitative estimate of drug-likeness (QED) is 0.246. The van der Waals surface area contributed by atoms with Crippen LogP contribution in [0.4, 0.5) is 14.5 Å². The molecule has 2 aromatic carbocycles. The predicted octanol–water partition coefficient (Wildman–Crippen LogP) is 5.61. The predicted molar refractivity (Wildman–Crippen MR) is 141 cm³/mol. The number of aliphatic imine (C=N–C) groups is 1. The first-order valence-corrected chi connectivity index (χ1v) is 12.3. The number of amidine groups is 1. The van der Waals surface area contributed by atoms with Crippen molar-refractivity contribution in [2.45, 2.75) is 44.0 Å². The number of nitrogens with two attached hydrogens (primary N) is 1. The highest BCUT2D eigenvalue weighted by Gasteiger charge is 2.46. The van der Waals surface area contributed by atoms with E-state index < -0.39 is 29.7 Å². The molecule has 0 aliphatic carbocycles. The van der Waals surface area contributed by atoms with Crippen molar-refractivity contribution in [1.82, 2.24) is 0 Å². The zero-order valence-electron chi connectivity index (χ0n) is 20.7. The van der Waals surface area contributed by atoms with Crippen molar-refractivity contribution in [2.75, 3.05) is 25.2 Å². The van der Waals surface area contributed by atoms with Crippen LogP contribution in [0.3, 0.4) is 0 Å². The van der Waals surface area contributed by atoms with Crippen molar-refractivity contribution in [1.29, 1.82) is 0 Å². The van der Waals surface area contributed by atoms with E-state index in [1.807, 2.05) is 13.0 Å². The maximum Gasteiger partial charge on any atom is 0.354 e. The molecule has 0 spiro atoms. The third kappa shape index (κ3) is 6.41. The van der Waals surface area contributed by atoms with E-state index in [9.17, 15) is 13.6 Å². The number of rotatable bonds is 9. The Morgan fingerprint density at radius 2 is 2.08 bits per heavy atom. The molecular weight excluding hydrogens is 527 g/mol. The van der Waals surface area contributed by atoms with E-state index in [2.05, 4.69) is 11.6 Å². The summed E-state index contributed by atoms with van der Waals surface area (Å²) in [7, 11) is 1.40. The highest BCUT2D eigenvalue weighted by Crippen LogP contribution is 2.44. The van der Waals surface area contributed by atoms with Gasteiger partial charge in [0.2, 0.25) is 0 Å². The molecule has 37 heavy (non-hydrogen) atoms. The minimum absolute atomic E-state index is 0.0105. The Bertz CT molecular complexity index is 1170. The maximum atomic E-state index is 14.4. The second-order valence-electron chi connectivity index (χ2n) is 8.23. The van der Waals surface area contributed by atoms with Crippen LogP contribution in [0.25, 0.3) is 0 Å². The summed E-state index contributed by atoms with van der Waals surface area (Å²) in [6, 6.07) is 10.1. The molecule has 0 saturated heterocycles. The Balaban J connectivity index is 2.28. The first-order valence-electron chi connectivity index (χ1n) is 11.5. The standard InChI is InChI=1S/C26H29Cl2F2N3O4/c1-5-12-36-20-9-7-8-17(15(20)3)23-18-13-16(27)10-11-19(18)33(25(31)26(28,29)30)24(32-4)21(37-23)14-22(34)35-6-2/h5,7-11,13,21,23,25H,1,6,12,14,31H2,2-4H3/t21-,23-,25?/m1/s1. The number of carbonyl (C=O) groups excluding carboxylic acids is 1. The lowest BCUT2D eigenvalue weighted by atomic mass is 9.95. The largest absolute Gasteiger partial charge is 0.489 e. The molecule has 3 rings (SSSR count). The molecule has 0 saturated carbocycles. The van der Waals surface area contributed by atoms with E-state index in [0.717, 1.165) is 10.5 Å². The number of alkyl halides is 3. The zero-order valence-corrected chi connectivity index (χ0v) is 22.2. The van der Waals surface area contributed by atoms with Crippen molar-refractivity contribution in [3.05, 3.63) is 70.8 Å². The molecule has 0 bridgehead atoms. The van der Waals surface area contributed by atoms with E-state index >= 15 is 0 Å². The molecule has 3 atom stereocenters. The van der Waals surface area contributed by atoms with Gasteiger partial charge in [-0.05, 0) is 60.8 Å². The molecule has 2 aromatic rings. The van der Waals surface area contributed by atoms with Crippen molar-refractivity contribution in [3.63, 3.8) is 0 Å². The summed E-state index contributed by atoms with van der Waals surface area (Å²) in [5.41, 5.74) is 8.08. The van der Waals surface area contributed by atoms with Crippen molar-refractivity contribution in [2.24, 2.45) is 10.7 Å². The molecule has 7 nitrogen and oxygen atoms in total.